The molecule has 0 fully saturated rings. The fourth-order valence-corrected chi connectivity index (χ4v) is 1.75. The average molecular weight is 348 g/mol. The van der Waals surface area contributed by atoms with E-state index in [2.05, 4.69) is 67.7 Å². The Kier molecular flexibility index (Phi) is 3.05. The fourth-order valence-electron chi connectivity index (χ4n) is 1.25. The third-order valence-corrected chi connectivity index (χ3v) is 3.08. The summed E-state index contributed by atoms with van der Waals surface area (Å²) in [5.74, 6) is 0.826. The largest absolute Gasteiger partial charge is 0.239 e. The van der Waals surface area contributed by atoms with Gasteiger partial charge in [0, 0.05) is 11.5 Å². The van der Waals surface area contributed by atoms with Gasteiger partial charge in [0.15, 0.2) is 11.5 Å². The molecule has 0 saturated heterocycles. The van der Waals surface area contributed by atoms with Crippen LogP contribution in [0.5, 0.6) is 0 Å². The summed E-state index contributed by atoms with van der Waals surface area (Å²) in [6.45, 7) is 6.27. The minimum absolute atomic E-state index is 0.0415. The number of hydrogen-bond donors (Lipinski definition) is 0. The van der Waals surface area contributed by atoms with Crippen LogP contribution in [0.25, 0.3) is 5.65 Å². The van der Waals surface area contributed by atoms with Crippen molar-refractivity contribution in [1.82, 2.24) is 19.6 Å². The highest BCUT2D eigenvalue weighted by atomic mass is 79.9. The Morgan fingerprint density at radius 1 is 1.31 bits per heavy atom. The molecule has 0 spiro atoms. The van der Waals surface area contributed by atoms with E-state index in [1.54, 1.807) is 10.8 Å². The lowest BCUT2D eigenvalue weighted by Gasteiger charge is -2.11. The zero-order valence-electron chi connectivity index (χ0n) is 9.28. The normalized spacial score (nSPS) is 12.6. The minimum Gasteiger partial charge on any atom is -0.239 e. The summed E-state index contributed by atoms with van der Waals surface area (Å²) in [4.78, 5) is 8.77. The lowest BCUT2D eigenvalue weighted by atomic mass is 9.96. The summed E-state index contributed by atoms with van der Waals surface area (Å²) in [7, 11) is 0. The van der Waals surface area contributed by atoms with Gasteiger partial charge in [-0.3, -0.25) is 0 Å². The second-order valence-corrected chi connectivity index (χ2v) is 7.66. The Labute approximate surface area is 111 Å². The van der Waals surface area contributed by atoms with Crippen molar-refractivity contribution in [3.63, 3.8) is 0 Å². The molecule has 2 rings (SSSR count). The number of alkyl halides is 2. The first-order valence-electron chi connectivity index (χ1n) is 4.89. The number of rotatable bonds is 1. The molecule has 0 atom stereocenters. The van der Waals surface area contributed by atoms with Crippen LogP contribution in [0.15, 0.2) is 12.4 Å². The molecule has 0 amide bonds. The SMILES string of the molecule is CC(C)(C)c1nc2cc(C(Br)Br)ncn2n1. The molecule has 0 bridgehead atoms. The summed E-state index contributed by atoms with van der Waals surface area (Å²) in [5, 5.41) is 4.40. The molecule has 4 nitrogen and oxygen atoms in total. The van der Waals surface area contributed by atoms with Gasteiger partial charge in [-0.2, -0.15) is 0 Å². The van der Waals surface area contributed by atoms with Gasteiger partial charge in [-0.15, -0.1) is 5.10 Å². The van der Waals surface area contributed by atoms with E-state index in [1.807, 2.05) is 6.07 Å². The van der Waals surface area contributed by atoms with Crippen LogP contribution in [-0.4, -0.2) is 19.6 Å². The van der Waals surface area contributed by atoms with Crippen molar-refractivity contribution >= 4 is 37.5 Å². The zero-order chi connectivity index (χ0) is 11.9. The average Bonchev–Trinajstić information content (AvgIpc) is 2.58. The van der Waals surface area contributed by atoms with Crippen LogP contribution < -0.4 is 0 Å². The van der Waals surface area contributed by atoms with Gasteiger partial charge < -0.3 is 0 Å². The molecule has 0 radical (unpaired) electrons. The lowest BCUT2D eigenvalue weighted by molar-refractivity contribution is 0.545. The number of hydrogen-bond acceptors (Lipinski definition) is 3. The van der Waals surface area contributed by atoms with E-state index in [1.165, 1.54) is 0 Å². The fraction of sp³-hybridized carbons (Fsp3) is 0.500. The van der Waals surface area contributed by atoms with Gasteiger partial charge in [0.25, 0.3) is 0 Å². The molecule has 0 unspecified atom stereocenters. The van der Waals surface area contributed by atoms with Crippen LogP contribution in [0.2, 0.25) is 0 Å². The van der Waals surface area contributed by atoms with Crippen LogP contribution in [0.4, 0.5) is 0 Å². The number of fused-ring (bicyclic) bond motifs is 1. The molecule has 0 saturated carbocycles. The van der Waals surface area contributed by atoms with Gasteiger partial charge in [0.1, 0.15) is 10.1 Å². The highest BCUT2D eigenvalue weighted by molar-refractivity contribution is 9.24. The molecule has 0 aliphatic rings. The van der Waals surface area contributed by atoms with Gasteiger partial charge in [0.2, 0.25) is 0 Å². The van der Waals surface area contributed by atoms with E-state index >= 15 is 0 Å². The third kappa shape index (κ3) is 2.27. The monoisotopic (exact) mass is 346 g/mol. The standard InChI is InChI=1S/C10H12Br2N4/c1-10(2,3)9-14-7-4-6(8(11)12)13-5-16(7)15-9/h4-5,8H,1-3H3. The molecular formula is C10H12Br2N4. The Hall–Kier alpha value is -0.490. The highest BCUT2D eigenvalue weighted by Gasteiger charge is 2.20. The molecule has 2 heterocycles. The smallest absolute Gasteiger partial charge is 0.159 e. The summed E-state index contributed by atoms with van der Waals surface area (Å²) in [5.41, 5.74) is 1.66. The molecule has 0 aromatic carbocycles. The number of nitrogens with zero attached hydrogens (tertiary/aromatic N) is 4. The van der Waals surface area contributed by atoms with Crippen molar-refractivity contribution in [2.75, 3.05) is 0 Å². The number of halogens is 2. The Morgan fingerprint density at radius 2 is 2.00 bits per heavy atom. The van der Waals surface area contributed by atoms with Gasteiger partial charge in [0.05, 0.1) is 5.69 Å². The highest BCUT2D eigenvalue weighted by Crippen LogP contribution is 2.28. The maximum atomic E-state index is 4.50. The Bertz CT molecular complexity index is 513. The summed E-state index contributed by atoms with van der Waals surface area (Å²) in [6.07, 6.45) is 1.68. The predicted molar refractivity (Wildman–Crippen MR) is 70.1 cm³/mol. The second kappa shape index (κ2) is 4.07. The van der Waals surface area contributed by atoms with Crippen molar-refractivity contribution in [3.05, 3.63) is 23.9 Å². The molecule has 0 aliphatic carbocycles. The topological polar surface area (TPSA) is 43.1 Å². The molecule has 16 heavy (non-hydrogen) atoms. The molecule has 6 heteroatoms. The van der Waals surface area contributed by atoms with Crippen LogP contribution >= 0.6 is 31.9 Å². The lowest BCUT2D eigenvalue weighted by Crippen LogP contribution is -2.13. The molecule has 0 aliphatic heterocycles. The van der Waals surface area contributed by atoms with E-state index in [9.17, 15) is 0 Å². The molecule has 2 aromatic heterocycles. The van der Waals surface area contributed by atoms with Crippen LogP contribution in [0, 0.1) is 0 Å². The first-order chi connectivity index (χ1) is 7.38. The molecule has 2 aromatic rings. The maximum Gasteiger partial charge on any atom is 0.159 e. The van der Waals surface area contributed by atoms with Crippen molar-refractivity contribution in [2.24, 2.45) is 0 Å². The van der Waals surface area contributed by atoms with Crippen LogP contribution in [-0.2, 0) is 5.41 Å². The molecule has 86 valence electrons. The predicted octanol–water partition coefficient (Wildman–Crippen LogP) is 3.21. The quantitative estimate of drug-likeness (QED) is 0.744. The van der Waals surface area contributed by atoms with E-state index in [-0.39, 0.29) is 9.15 Å². The summed E-state index contributed by atoms with van der Waals surface area (Å²) < 4.78 is 1.74. The van der Waals surface area contributed by atoms with Crippen molar-refractivity contribution in [3.8, 4) is 0 Å². The summed E-state index contributed by atoms with van der Waals surface area (Å²) >= 11 is 6.82. The van der Waals surface area contributed by atoms with Crippen molar-refractivity contribution in [1.29, 1.82) is 0 Å². The minimum atomic E-state index is -0.0472. The van der Waals surface area contributed by atoms with Gasteiger partial charge in [-0.05, 0) is 0 Å². The van der Waals surface area contributed by atoms with E-state index in [0.29, 0.717) is 0 Å². The Balaban J connectivity index is 2.54. The number of aromatic nitrogens is 4. The van der Waals surface area contributed by atoms with E-state index in [4.69, 9.17) is 0 Å². The van der Waals surface area contributed by atoms with Crippen LogP contribution in [0.1, 0.15) is 36.0 Å². The second-order valence-electron chi connectivity index (χ2n) is 4.60. The van der Waals surface area contributed by atoms with Gasteiger partial charge >= 0.3 is 0 Å². The van der Waals surface area contributed by atoms with Gasteiger partial charge in [-0.1, -0.05) is 52.6 Å². The molecule has 0 N–H and O–H groups in total. The first-order valence-corrected chi connectivity index (χ1v) is 6.72. The zero-order valence-corrected chi connectivity index (χ0v) is 12.4. The Morgan fingerprint density at radius 3 is 2.56 bits per heavy atom. The first kappa shape index (κ1) is 12.0. The van der Waals surface area contributed by atoms with E-state index in [0.717, 1.165) is 17.2 Å². The van der Waals surface area contributed by atoms with E-state index < -0.39 is 0 Å². The maximum absolute atomic E-state index is 4.50. The van der Waals surface area contributed by atoms with Gasteiger partial charge in [-0.25, -0.2) is 14.5 Å². The summed E-state index contributed by atoms with van der Waals surface area (Å²) in [6, 6.07) is 1.91. The van der Waals surface area contributed by atoms with Crippen LogP contribution in [0.3, 0.4) is 0 Å². The third-order valence-electron chi connectivity index (χ3n) is 2.15. The molecular weight excluding hydrogens is 336 g/mol. The van der Waals surface area contributed by atoms with Crippen molar-refractivity contribution in [2.45, 2.75) is 29.9 Å². The van der Waals surface area contributed by atoms with Crippen molar-refractivity contribution < 1.29 is 0 Å².